The molecular weight excluding hydrogens is 547 g/mol. The van der Waals surface area contributed by atoms with Crippen LogP contribution in [0.4, 0.5) is 39.5 Å². The second-order valence-corrected chi connectivity index (χ2v) is 10.2. The quantitative estimate of drug-likeness (QED) is 0.362. The van der Waals surface area contributed by atoms with Crippen molar-refractivity contribution in [3.05, 3.63) is 71.6 Å². The van der Waals surface area contributed by atoms with Crippen LogP contribution in [0.15, 0.2) is 48.8 Å². The SMILES string of the molecule is OC(Cn1cnnn1)(c1ccc(F)cc1F)C(F)(F)C12CC(c3ccc(OCC(F)(F)C(F)(F)F)cc3)(C1)C2. The van der Waals surface area contributed by atoms with Crippen LogP contribution >= 0.6 is 0 Å². The average molecular weight is 566 g/mol. The second-order valence-electron chi connectivity index (χ2n) is 10.2. The molecule has 3 aliphatic carbocycles. The molecule has 0 saturated heterocycles. The summed E-state index contributed by atoms with van der Waals surface area (Å²) in [4.78, 5) is 0. The zero-order chi connectivity index (χ0) is 28.5. The van der Waals surface area contributed by atoms with Crippen molar-refractivity contribution < 1.29 is 49.4 Å². The highest BCUT2D eigenvalue weighted by Crippen LogP contribution is 2.80. The number of alkyl halides is 7. The maximum absolute atomic E-state index is 16.2. The van der Waals surface area contributed by atoms with Crippen molar-refractivity contribution in [3.63, 3.8) is 0 Å². The van der Waals surface area contributed by atoms with Gasteiger partial charge in [-0.05, 0) is 64.9 Å². The van der Waals surface area contributed by atoms with E-state index in [9.17, 15) is 35.8 Å². The van der Waals surface area contributed by atoms with Gasteiger partial charge in [0, 0.05) is 17.0 Å². The Bertz CT molecular complexity index is 1340. The van der Waals surface area contributed by atoms with E-state index in [4.69, 9.17) is 0 Å². The van der Waals surface area contributed by atoms with E-state index in [2.05, 4.69) is 20.3 Å². The number of hydrogen-bond acceptors (Lipinski definition) is 5. The summed E-state index contributed by atoms with van der Waals surface area (Å²) in [6.07, 6.45) is -5.23. The first kappa shape index (κ1) is 27.2. The zero-order valence-electron chi connectivity index (χ0n) is 19.7. The molecular formula is C24H19F9N4O2. The molecule has 2 bridgehead atoms. The predicted molar refractivity (Wildman–Crippen MR) is 114 cm³/mol. The number of rotatable bonds is 9. The van der Waals surface area contributed by atoms with Crippen molar-refractivity contribution in [1.82, 2.24) is 20.2 Å². The molecule has 0 amide bonds. The molecule has 1 atom stereocenters. The van der Waals surface area contributed by atoms with E-state index in [1.54, 1.807) is 0 Å². The fraction of sp³-hybridized carbons (Fsp3) is 0.458. The molecule has 0 aliphatic heterocycles. The van der Waals surface area contributed by atoms with Crippen molar-refractivity contribution in [2.24, 2.45) is 5.41 Å². The van der Waals surface area contributed by atoms with Gasteiger partial charge in [0.15, 0.2) is 12.2 Å². The van der Waals surface area contributed by atoms with Crippen LogP contribution in [0.1, 0.15) is 30.4 Å². The van der Waals surface area contributed by atoms with Gasteiger partial charge in [0.2, 0.25) is 0 Å². The van der Waals surface area contributed by atoms with Crippen LogP contribution in [0.25, 0.3) is 0 Å². The van der Waals surface area contributed by atoms with Gasteiger partial charge in [0.25, 0.3) is 5.92 Å². The standard InChI is InChI=1S/C24H19F9N4O2/c25-15-3-6-17(18(26)7-15)21(38,11-37-13-34-35-36-37)23(29,30)20-8-19(9-20,10-20)14-1-4-16(5-2-14)39-12-22(27,28)24(31,32)33/h1-7,13,38H,8-12H2. The number of halogens is 9. The first-order valence-corrected chi connectivity index (χ1v) is 11.5. The molecule has 3 fully saturated rings. The normalized spacial score (nSPS) is 24.5. The monoisotopic (exact) mass is 566 g/mol. The molecule has 3 aromatic rings. The van der Waals surface area contributed by atoms with Crippen LogP contribution in [0.2, 0.25) is 0 Å². The summed E-state index contributed by atoms with van der Waals surface area (Å²) in [6.45, 7) is -2.85. The third kappa shape index (κ3) is 4.12. The first-order valence-electron chi connectivity index (χ1n) is 11.5. The van der Waals surface area contributed by atoms with Gasteiger partial charge in [-0.1, -0.05) is 12.1 Å². The number of aromatic nitrogens is 4. The summed E-state index contributed by atoms with van der Waals surface area (Å²) in [5.74, 6) is -11.7. The molecule has 2 aromatic carbocycles. The van der Waals surface area contributed by atoms with Gasteiger partial charge < -0.3 is 9.84 Å². The molecule has 3 saturated carbocycles. The van der Waals surface area contributed by atoms with Crippen LogP contribution in [0.5, 0.6) is 5.75 Å². The number of tetrazole rings is 1. The number of nitrogens with zero attached hydrogens (tertiary/aromatic N) is 4. The Morgan fingerprint density at radius 3 is 2.10 bits per heavy atom. The molecule has 1 unspecified atom stereocenters. The summed E-state index contributed by atoms with van der Waals surface area (Å²) in [7, 11) is 0. The topological polar surface area (TPSA) is 73.1 Å². The van der Waals surface area contributed by atoms with Crippen molar-refractivity contribution in [2.45, 2.75) is 54.8 Å². The third-order valence-electron chi connectivity index (χ3n) is 7.68. The summed E-state index contributed by atoms with van der Waals surface area (Å²) >= 11 is 0. The average Bonchev–Trinajstić information content (AvgIpc) is 3.28. The fourth-order valence-corrected chi connectivity index (χ4v) is 5.69. The Kier molecular flexibility index (Phi) is 5.98. The molecule has 6 rings (SSSR count). The minimum Gasteiger partial charge on any atom is -0.487 e. The fourth-order valence-electron chi connectivity index (χ4n) is 5.69. The molecule has 210 valence electrons. The minimum atomic E-state index is -5.78. The lowest BCUT2D eigenvalue weighted by Gasteiger charge is -2.74. The summed E-state index contributed by atoms with van der Waals surface area (Å²) in [5, 5.41) is 21.5. The third-order valence-corrected chi connectivity index (χ3v) is 7.68. The van der Waals surface area contributed by atoms with Crippen molar-refractivity contribution in [1.29, 1.82) is 0 Å². The van der Waals surface area contributed by atoms with Crippen LogP contribution in [0.3, 0.4) is 0 Å². The van der Waals surface area contributed by atoms with Gasteiger partial charge in [0.1, 0.15) is 23.7 Å². The lowest BCUT2D eigenvalue weighted by molar-refractivity contribution is -0.347. The highest BCUT2D eigenvalue weighted by Gasteiger charge is 2.82. The zero-order valence-corrected chi connectivity index (χ0v) is 19.7. The number of ether oxygens (including phenoxy) is 1. The lowest BCUT2D eigenvalue weighted by atomic mass is 9.30. The van der Waals surface area contributed by atoms with E-state index in [-0.39, 0.29) is 25.0 Å². The van der Waals surface area contributed by atoms with E-state index < -0.39 is 64.8 Å². The van der Waals surface area contributed by atoms with E-state index in [0.29, 0.717) is 11.6 Å². The first-order chi connectivity index (χ1) is 18.0. The smallest absolute Gasteiger partial charge is 0.456 e. The molecule has 0 spiro atoms. The minimum absolute atomic E-state index is 0.139. The predicted octanol–water partition coefficient (Wildman–Crippen LogP) is 5.17. The summed E-state index contributed by atoms with van der Waals surface area (Å²) < 4.78 is 129. The van der Waals surface area contributed by atoms with Crippen molar-refractivity contribution >= 4 is 0 Å². The van der Waals surface area contributed by atoms with Crippen molar-refractivity contribution in [3.8, 4) is 5.75 Å². The second kappa shape index (κ2) is 8.57. The van der Waals surface area contributed by atoms with Crippen LogP contribution < -0.4 is 4.74 Å². The van der Waals surface area contributed by atoms with Gasteiger partial charge in [-0.25, -0.2) is 22.2 Å². The Morgan fingerprint density at radius 1 is 0.923 bits per heavy atom. The number of benzene rings is 2. The van der Waals surface area contributed by atoms with Gasteiger partial charge in [-0.2, -0.15) is 22.0 Å². The molecule has 3 aliphatic rings. The Hall–Kier alpha value is -3.36. The van der Waals surface area contributed by atoms with E-state index in [1.807, 2.05) is 0 Å². The molecule has 1 heterocycles. The van der Waals surface area contributed by atoms with E-state index in [0.717, 1.165) is 35.3 Å². The van der Waals surface area contributed by atoms with Crippen LogP contribution in [-0.2, 0) is 17.6 Å². The van der Waals surface area contributed by atoms with Gasteiger partial charge in [0.05, 0.1) is 6.54 Å². The Balaban J connectivity index is 1.35. The van der Waals surface area contributed by atoms with Crippen molar-refractivity contribution in [2.75, 3.05) is 6.61 Å². The Labute approximate surface area is 214 Å². The van der Waals surface area contributed by atoms with E-state index >= 15 is 8.78 Å². The van der Waals surface area contributed by atoms with Gasteiger partial charge >= 0.3 is 12.1 Å². The highest BCUT2D eigenvalue weighted by atomic mass is 19.4. The lowest BCUT2D eigenvalue weighted by Crippen LogP contribution is -2.76. The summed E-state index contributed by atoms with van der Waals surface area (Å²) in [5.41, 5.74) is -6.00. The number of hydrogen-bond donors (Lipinski definition) is 1. The largest absolute Gasteiger partial charge is 0.487 e. The molecule has 0 radical (unpaired) electrons. The molecule has 15 heteroatoms. The van der Waals surface area contributed by atoms with Crippen LogP contribution in [0, 0.1) is 17.0 Å². The van der Waals surface area contributed by atoms with E-state index in [1.165, 1.54) is 12.1 Å². The summed E-state index contributed by atoms with van der Waals surface area (Å²) in [6, 6.07) is 6.96. The maximum Gasteiger partial charge on any atom is 0.456 e. The van der Waals surface area contributed by atoms with Gasteiger partial charge in [-0.15, -0.1) is 5.10 Å². The molecule has 1 aromatic heterocycles. The van der Waals surface area contributed by atoms with Crippen LogP contribution in [-0.4, -0.2) is 49.9 Å². The molecule has 39 heavy (non-hydrogen) atoms. The molecule has 6 nitrogen and oxygen atoms in total. The molecule has 1 N–H and O–H groups in total. The Morgan fingerprint density at radius 2 is 1.56 bits per heavy atom. The number of aliphatic hydroxyl groups is 1. The highest BCUT2D eigenvalue weighted by molar-refractivity contribution is 5.44. The van der Waals surface area contributed by atoms with Gasteiger partial charge in [-0.3, -0.25) is 0 Å². The maximum atomic E-state index is 16.2.